The number of benzene rings is 3. The molecule has 3 aromatic carbocycles. The van der Waals surface area contributed by atoms with Crippen molar-refractivity contribution in [2.75, 3.05) is 31.3 Å². The number of amides is 2. The fourth-order valence-corrected chi connectivity index (χ4v) is 4.93. The first-order valence-corrected chi connectivity index (χ1v) is 14.4. The lowest BCUT2D eigenvalue weighted by molar-refractivity contribution is -0.140. The number of rotatable bonds is 13. The molecular weight excluding hydrogens is 518 g/mol. The van der Waals surface area contributed by atoms with Gasteiger partial charge in [0.2, 0.25) is 21.8 Å². The van der Waals surface area contributed by atoms with Gasteiger partial charge in [0.25, 0.3) is 0 Å². The highest BCUT2D eigenvalue weighted by Crippen LogP contribution is 2.24. The second kappa shape index (κ2) is 13.7. The van der Waals surface area contributed by atoms with Gasteiger partial charge in [-0.15, -0.1) is 0 Å². The Morgan fingerprint density at radius 3 is 2.05 bits per heavy atom. The molecule has 0 bridgehead atoms. The highest BCUT2D eigenvalue weighted by molar-refractivity contribution is 7.92. The van der Waals surface area contributed by atoms with E-state index in [4.69, 9.17) is 9.47 Å². The van der Waals surface area contributed by atoms with Gasteiger partial charge in [-0.05, 0) is 53.9 Å². The lowest BCUT2D eigenvalue weighted by atomic mass is 10.1. The molecule has 1 N–H and O–H groups in total. The molecule has 0 saturated carbocycles. The molecule has 0 aliphatic rings. The average Bonchev–Trinajstić information content (AvgIpc) is 2.95. The van der Waals surface area contributed by atoms with Crippen molar-refractivity contribution < 1.29 is 27.5 Å². The number of carbonyl (C=O) groups is 2. The molecule has 9 nitrogen and oxygen atoms in total. The summed E-state index contributed by atoms with van der Waals surface area (Å²) in [4.78, 5) is 27.7. The van der Waals surface area contributed by atoms with Crippen LogP contribution in [0, 0.1) is 0 Å². The third-order valence-corrected chi connectivity index (χ3v) is 7.34. The number of methoxy groups -OCH3 is 1. The SMILES string of the molecule is CCC(C(=O)NC)N(Cc1ccc(OC)cc1)C(=O)CN(c1ccc(OCc2ccccc2)cc1)S(C)(=O)=O. The molecular formula is C29H35N3O6S. The number of carbonyl (C=O) groups excluding carboxylic acids is 2. The van der Waals surface area contributed by atoms with E-state index in [0.29, 0.717) is 30.2 Å². The number of anilines is 1. The lowest BCUT2D eigenvalue weighted by Gasteiger charge is -2.32. The second-order valence-electron chi connectivity index (χ2n) is 8.95. The fraction of sp³-hybridized carbons (Fsp3) is 0.310. The number of sulfonamides is 1. The first-order chi connectivity index (χ1) is 18.7. The normalized spacial score (nSPS) is 11.8. The molecule has 0 heterocycles. The summed E-state index contributed by atoms with van der Waals surface area (Å²) in [6.45, 7) is 1.83. The Kier molecular flexibility index (Phi) is 10.3. The molecule has 0 spiro atoms. The van der Waals surface area contributed by atoms with Crippen molar-refractivity contribution in [2.45, 2.75) is 32.5 Å². The van der Waals surface area contributed by atoms with Crippen LogP contribution in [-0.4, -0.2) is 58.1 Å². The van der Waals surface area contributed by atoms with Gasteiger partial charge >= 0.3 is 0 Å². The first-order valence-electron chi connectivity index (χ1n) is 12.5. The van der Waals surface area contributed by atoms with Crippen molar-refractivity contribution in [3.05, 3.63) is 90.0 Å². The van der Waals surface area contributed by atoms with Crippen LogP contribution in [-0.2, 0) is 32.8 Å². The van der Waals surface area contributed by atoms with Crippen molar-refractivity contribution in [1.29, 1.82) is 0 Å². The Balaban J connectivity index is 1.83. The van der Waals surface area contributed by atoms with Gasteiger partial charge in [-0.2, -0.15) is 0 Å². The number of nitrogens with zero attached hydrogens (tertiary/aromatic N) is 2. The van der Waals surface area contributed by atoms with E-state index < -0.39 is 28.5 Å². The molecule has 1 unspecified atom stereocenters. The summed E-state index contributed by atoms with van der Waals surface area (Å²) in [6.07, 6.45) is 1.40. The minimum absolute atomic E-state index is 0.124. The fourth-order valence-electron chi connectivity index (χ4n) is 4.08. The van der Waals surface area contributed by atoms with Crippen molar-refractivity contribution in [3.8, 4) is 11.5 Å². The Bertz CT molecular complexity index is 1330. The van der Waals surface area contributed by atoms with Crippen LogP contribution < -0.4 is 19.1 Å². The molecule has 3 rings (SSSR count). The maximum atomic E-state index is 13.6. The van der Waals surface area contributed by atoms with E-state index >= 15 is 0 Å². The molecule has 0 saturated heterocycles. The summed E-state index contributed by atoms with van der Waals surface area (Å²) in [7, 11) is -0.761. The molecule has 10 heteroatoms. The van der Waals surface area contributed by atoms with E-state index in [9.17, 15) is 18.0 Å². The number of hydrogen-bond acceptors (Lipinski definition) is 6. The van der Waals surface area contributed by atoms with E-state index in [1.165, 1.54) is 11.9 Å². The highest BCUT2D eigenvalue weighted by atomic mass is 32.2. The monoisotopic (exact) mass is 553 g/mol. The third kappa shape index (κ3) is 8.22. The number of ether oxygens (including phenoxy) is 2. The molecule has 0 aliphatic heterocycles. The number of hydrogen-bond donors (Lipinski definition) is 1. The smallest absolute Gasteiger partial charge is 0.244 e. The predicted octanol–water partition coefficient (Wildman–Crippen LogP) is 3.59. The Morgan fingerprint density at radius 2 is 1.51 bits per heavy atom. The zero-order chi connectivity index (χ0) is 28.4. The summed E-state index contributed by atoms with van der Waals surface area (Å²) in [6, 6.07) is 22.6. The van der Waals surface area contributed by atoms with Gasteiger partial charge in [0.15, 0.2) is 0 Å². The van der Waals surface area contributed by atoms with E-state index in [-0.39, 0.29) is 12.5 Å². The van der Waals surface area contributed by atoms with Crippen molar-refractivity contribution >= 4 is 27.5 Å². The summed E-state index contributed by atoms with van der Waals surface area (Å²) >= 11 is 0. The maximum Gasteiger partial charge on any atom is 0.244 e. The van der Waals surface area contributed by atoms with Crippen molar-refractivity contribution in [2.24, 2.45) is 0 Å². The second-order valence-corrected chi connectivity index (χ2v) is 10.9. The molecule has 3 aromatic rings. The highest BCUT2D eigenvalue weighted by Gasteiger charge is 2.31. The molecule has 39 heavy (non-hydrogen) atoms. The minimum atomic E-state index is -3.83. The van der Waals surface area contributed by atoms with E-state index in [0.717, 1.165) is 21.7 Å². The minimum Gasteiger partial charge on any atom is -0.497 e. The van der Waals surface area contributed by atoms with Gasteiger partial charge in [-0.25, -0.2) is 8.42 Å². The van der Waals surface area contributed by atoms with Gasteiger partial charge in [-0.1, -0.05) is 49.4 Å². The van der Waals surface area contributed by atoms with Gasteiger partial charge in [0.1, 0.15) is 30.7 Å². The van der Waals surface area contributed by atoms with Crippen molar-refractivity contribution in [1.82, 2.24) is 10.2 Å². The van der Waals surface area contributed by atoms with Crippen LogP contribution in [0.25, 0.3) is 0 Å². The zero-order valence-electron chi connectivity index (χ0n) is 22.7. The molecule has 2 amide bonds. The Morgan fingerprint density at radius 1 is 0.897 bits per heavy atom. The van der Waals surface area contributed by atoms with Crippen LogP contribution in [0.5, 0.6) is 11.5 Å². The van der Waals surface area contributed by atoms with Crippen LogP contribution >= 0.6 is 0 Å². The predicted molar refractivity (Wildman–Crippen MR) is 151 cm³/mol. The number of likely N-dealkylation sites (N-methyl/N-ethyl adjacent to an activating group) is 1. The number of nitrogens with one attached hydrogen (secondary N) is 1. The topological polar surface area (TPSA) is 105 Å². The molecule has 0 radical (unpaired) electrons. The molecule has 0 fully saturated rings. The first kappa shape index (κ1) is 29.5. The Labute approximate surface area is 230 Å². The maximum absolute atomic E-state index is 13.6. The van der Waals surface area contributed by atoms with Gasteiger partial charge in [0.05, 0.1) is 19.1 Å². The standard InChI is InChI=1S/C29H35N3O6S/c1-5-27(29(34)30-2)31(19-22-11-15-25(37-3)16-12-22)28(33)20-32(39(4,35)36)24-13-17-26(18-14-24)38-21-23-9-7-6-8-10-23/h6-18,27H,5,19-21H2,1-4H3,(H,30,34). The van der Waals surface area contributed by atoms with E-state index in [1.54, 1.807) is 62.6 Å². The van der Waals surface area contributed by atoms with E-state index in [1.807, 2.05) is 30.3 Å². The molecule has 0 aromatic heterocycles. The zero-order valence-corrected chi connectivity index (χ0v) is 23.5. The third-order valence-electron chi connectivity index (χ3n) is 6.20. The summed E-state index contributed by atoms with van der Waals surface area (Å²) in [5.41, 5.74) is 2.09. The van der Waals surface area contributed by atoms with Crippen LogP contribution in [0.3, 0.4) is 0 Å². The van der Waals surface area contributed by atoms with Crippen LogP contribution in [0.1, 0.15) is 24.5 Å². The molecule has 0 aliphatic carbocycles. The van der Waals surface area contributed by atoms with Crippen LogP contribution in [0.15, 0.2) is 78.9 Å². The molecule has 1 atom stereocenters. The van der Waals surface area contributed by atoms with Gasteiger partial charge in [-0.3, -0.25) is 13.9 Å². The largest absolute Gasteiger partial charge is 0.497 e. The average molecular weight is 554 g/mol. The molecule has 208 valence electrons. The van der Waals surface area contributed by atoms with Crippen molar-refractivity contribution in [3.63, 3.8) is 0 Å². The van der Waals surface area contributed by atoms with Crippen LogP contribution in [0.4, 0.5) is 5.69 Å². The lowest BCUT2D eigenvalue weighted by Crippen LogP contribution is -2.51. The van der Waals surface area contributed by atoms with E-state index in [2.05, 4.69) is 5.32 Å². The Hall–Kier alpha value is -4.05. The van der Waals surface area contributed by atoms with Gasteiger partial charge < -0.3 is 19.7 Å². The summed E-state index contributed by atoms with van der Waals surface area (Å²) in [5.74, 6) is 0.393. The summed E-state index contributed by atoms with van der Waals surface area (Å²) < 4.78 is 37.6. The quantitative estimate of drug-likeness (QED) is 0.347. The van der Waals surface area contributed by atoms with Gasteiger partial charge in [0, 0.05) is 13.6 Å². The summed E-state index contributed by atoms with van der Waals surface area (Å²) in [5, 5.41) is 2.60. The van der Waals surface area contributed by atoms with Crippen LogP contribution in [0.2, 0.25) is 0 Å².